The Morgan fingerprint density at radius 3 is 2.10 bits per heavy atom. The van der Waals surface area contributed by atoms with Crippen molar-refractivity contribution in [1.82, 2.24) is 10.2 Å². The summed E-state index contributed by atoms with van der Waals surface area (Å²) in [6.45, 7) is 1.39. The average Bonchev–Trinajstić information content (AvgIpc) is 2.99. The van der Waals surface area contributed by atoms with E-state index in [0.29, 0.717) is 0 Å². The van der Waals surface area contributed by atoms with Gasteiger partial charge in [-0.25, -0.2) is 8.42 Å². The first kappa shape index (κ1) is 31.1. The van der Waals surface area contributed by atoms with E-state index in [-0.39, 0.29) is 39.5 Å². The molecule has 0 fully saturated rings. The number of anilines is 1. The molecular weight excluding hydrogens is 593 g/mol. The first-order valence-corrected chi connectivity index (χ1v) is 15.4. The van der Waals surface area contributed by atoms with Gasteiger partial charge in [-0.3, -0.25) is 13.9 Å². The molecule has 0 saturated carbocycles. The number of sulfonamides is 1. The van der Waals surface area contributed by atoms with Crippen LogP contribution in [0.4, 0.5) is 5.69 Å². The highest BCUT2D eigenvalue weighted by atomic mass is 35.5. The van der Waals surface area contributed by atoms with Crippen LogP contribution in [0.15, 0.2) is 108 Å². The van der Waals surface area contributed by atoms with Crippen LogP contribution < -0.4 is 9.62 Å². The normalized spacial score (nSPS) is 11.9. The third-order valence-electron chi connectivity index (χ3n) is 6.76. The minimum atomic E-state index is -4.27. The maximum Gasteiger partial charge on any atom is 0.264 e. The fourth-order valence-corrected chi connectivity index (χ4v) is 6.54. The van der Waals surface area contributed by atoms with E-state index >= 15 is 0 Å². The highest BCUT2D eigenvalue weighted by Gasteiger charge is 2.35. The Labute approximate surface area is 256 Å². The topological polar surface area (TPSA) is 86.8 Å². The summed E-state index contributed by atoms with van der Waals surface area (Å²) < 4.78 is 28.9. The van der Waals surface area contributed by atoms with Crippen LogP contribution in [0.3, 0.4) is 0 Å². The Kier molecular flexibility index (Phi) is 10.3. The van der Waals surface area contributed by atoms with Gasteiger partial charge in [0.2, 0.25) is 11.8 Å². The zero-order valence-corrected chi connectivity index (χ0v) is 25.5. The van der Waals surface area contributed by atoms with Crippen LogP contribution in [0.2, 0.25) is 10.0 Å². The molecular formula is C32H31Cl2N3O4S. The minimum Gasteiger partial charge on any atom is -0.357 e. The highest BCUT2D eigenvalue weighted by Crippen LogP contribution is 2.35. The van der Waals surface area contributed by atoms with E-state index < -0.39 is 28.5 Å². The number of carbonyl (C=O) groups excluding carboxylic acids is 2. The van der Waals surface area contributed by atoms with Gasteiger partial charge in [-0.15, -0.1) is 0 Å². The molecule has 1 atom stereocenters. The van der Waals surface area contributed by atoms with Crippen LogP contribution >= 0.6 is 23.2 Å². The maximum atomic E-state index is 14.3. The van der Waals surface area contributed by atoms with Gasteiger partial charge in [0.15, 0.2) is 0 Å². The molecule has 10 heteroatoms. The summed E-state index contributed by atoms with van der Waals surface area (Å²) in [5, 5.41) is 2.80. The fraction of sp³-hybridized carbons (Fsp3) is 0.188. The molecule has 0 bridgehead atoms. The van der Waals surface area contributed by atoms with Crippen LogP contribution in [0, 0.1) is 6.92 Å². The van der Waals surface area contributed by atoms with Crippen molar-refractivity contribution in [3.63, 3.8) is 0 Å². The van der Waals surface area contributed by atoms with Crippen LogP contribution in [-0.4, -0.2) is 44.8 Å². The first-order chi connectivity index (χ1) is 20.1. The minimum absolute atomic E-state index is 0.0103. The van der Waals surface area contributed by atoms with E-state index in [0.717, 1.165) is 21.0 Å². The number of hydrogen-bond donors (Lipinski definition) is 1. The number of rotatable bonds is 11. The van der Waals surface area contributed by atoms with Crippen LogP contribution in [-0.2, 0) is 32.6 Å². The molecule has 0 aliphatic rings. The molecule has 218 valence electrons. The molecule has 0 unspecified atom stereocenters. The lowest BCUT2D eigenvalue weighted by Crippen LogP contribution is -2.53. The number of nitrogens with zero attached hydrogens (tertiary/aromatic N) is 2. The molecule has 0 aromatic heterocycles. The summed E-state index contributed by atoms with van der Waals surface area (Å²) in [7, 11) is -2.76. The first-order valence-electron chi connectivity index (χ1n) is 13.2. The summed E-state index contributed by atoms with van der Waals surface area (Å²) >= 11 is 12.8. The smallest absolute Gasteiger partial charge is 0.264 e. The molecule has 4 rings (SSSR count). The van der Waals surface area contributed by atoms with Gasteiger partial charge in [0, 0.05) is 20.0 Å². The molecule has 0 radical (unpaired) electrons. The van der Waals surface area contributed by atoms with Crippen molar-refractivity contribution in [1.29, 1.82) is 0 Å². The fourth-order valence-electron chi connectivity index (χ4n) is 4.65. The van der Waals surface area contributed by atoms with E-state index in [1.165, 1.54) is 36.2 Å². The van der Waals surface area contributed by atoms with E-state index in [9.17, 15) is 18.0 Å². The largest absolute Gasteiger partial charge is 0.357 e. The highest BCUT2D eigenvalue weighted by molar-refractivity contribution is 7.92. The van der Waals surface area contributed by atoms with E-state index in [1.54, 1.807) is 24.3 Å². The zero-order chi connectivity index (χ0) is 30.3. The maximum absolute atomic E-state index is 14.3. The SMILES string of the molecule is CNC(=O)[C@@H](Cc1ccccc1)N(Cc1cccc(C)c1)C(=O)CN(c1cccc(Cl)c1Cl)S(=O)(=O)c1ccccc1. The van der Waals surface area contributed by atoms with Gasteiger partial charge in [-0.1, -0.05) is 108 Å². The molecule has 2 amide bonds. The lowest BCUT2D eigenvalue weighted by atomic mass is 10.0. The van der Waals surface area contributed by atoms with Gasteiger partial charge in [-0.2, -0.15) is 0 Å². The van der Waals surface area contributed by atoms with Crippen molar-refractivity contribution in [2.75, 3.05) is 17.9 Å². The Morgan fingerprint density at radius 2 is 1.45 bits per heavy atom. The lowest BCUT2D eigenvalue weighted by Gasteiger charge is -2.34. The van der Waals surface area contributed by atoms with Crippen molar-refractivity contribution in [2.24, 2.45) is 0 Å². The molecule has 0 spiro atoms. The van der Waals surface area contributed by atoms with Gasteiger partial charge in [-0.05, 0) is 42.3 Å². The lowest BCUT2D eigenvalue weighted by molar-refractivity contribution is -0.139. The second-order valence-corrected chi connectivity index (χ2v) is 12.4. The summed E-state index contributed by atoms with van der Waals surface area (Å²) in [4.78, 5) is 29.0. The average molecular weight is 625 g/mol. The third kappa shape index (κ3) is 7.31. The van der Waals surface area contributed by atoms with Gasteiger partial charge in [0.05, 0.1) is 20.6 Å². The quantitative estimate of drug-likeness (QED) is 0.226. The standard InChI is InChI=1S/C32H31Cl2N3O4S/c1-23-11-9-14-25(19-23)21-36(29(32(39)35-2)20-24-12-5-3-6-13-24)30(38)22-37(28-18-10-17-27(33)31(28)34)42(40,41)26-15-7-4-8-16-26/h3-19,29H,20-22H2,1-2H3,(H,35,39)/t29-/m1/s1. The number of nitrogens with one attached hydrogen (secondary N) is 1. The van der Waals surface area contributed by atoms with E-state index in [4.69, 9.17) is 23.2 Å². The summed E-state index contributed by atoms with van der Waals surface area (Å²) in [6, 6.07) is 28.4. The number of aryl methyl sites for hydroxylation is 1. The second-order valence-electron chi connectivity index (χ2n) is 9.73. The van der Waals surface area contributed by atoms with E-state index in [2.05, 4.69) is 5.32 Å². The van der Waals surface area contributed by atoms with Crippen molar-refractivity contribution < 1.29 is 18.0 Å². The number of likely N-dealkylation sites (N-methyl/N-ethyl adjacent to an activating group) is 1. The van der Waals surface area contributed by atoms with Gasteiger partial charge >= 0.3 is 0 Å². The van der Waals surface area contributed by atoms with Gasteiger partial charge in [0.1, 0.15) is 12.6 Å². The molecule has 42 heavy (non-hydrogen) atoms. The third-order valence-corrected chi connectivity index (χ3v) is 9.35. The van der Waals surface area contributed by atoms with Gasteiger partial charge in [0.25, 0.3) is 10.0 Å². The van der Waals surface area contributed by atoms with Crippen LogP contribution in [0.25, 0.3) is 0 Å². The summed E-state index contributed by atoms with van der Waals surface area (Å²) in [5.74, 6) is -0.963. The number of carbonyl (C=O) groups is 2. The van der Waals surface area contributed by atoms with Crippen molar-refractivity contribution in [3.05, 3.63) is 130 Å². The van der Waals surface area contributed by atoms with Gasteiger partial charge < -0.3 is 10.2 Å². The van der Waals surface area contributed by atoms with Crippen molar-refractivity contribution in [2.45, 2.75) is 30.8 Å². The predicted molar refractivity (Wildman–Crippen MR) is 167 cm³/mol. The molecule has 1 N–H and O–H groups in total. The number of benzene rings is 4. The molecule has 0 heterocycles. The number of halogens is 2. The van der Waals surface area contributed by atoms with Crippen molar-refractivity contribution >= 4 is 50.7 Å². The molecule has 4 aromatic rings. The number of amides is 2. The molecule has 0 aliphatic heterocycles. The summed E-state index contributed by atoms with van der Waals surface area (Å²) in [6.07, 6.45) is 0.224. The molecule has 7 nitrogen and oxygen atoms in total. The zero-order valence-electron chi connectivity index (χ0n) is 23.2. The Hall–Kier alpha value is -3.85. The van der Waals surface area contributed by atoms with Crippen LogP contribution in [0.5, 0.6) is 0 Å². The molecule has 0 aliphatic carbocycles. The Bertz CT molecular complexity index is 1650. The van der Waals surface area contributed by atoms with Crippen molar-refractivity contribution in [3.8, 4) is 0 Å². The van der Waals surface area contributed by atoms with E-state index in [1.807, 2.05) is 61.5 Å². The Morgan fingerprint density at radius 1 is 0.833 bits per heavy atom. The summed E-state index contributed by atoms with van der Waals surface area (Å²) in [5.41, 5.74) is 2.68. The molecule has 4 aromatic carbocycles. The Balaban J connectivity index is 1.81. The van der Waals surface area contributed by atoms with Crippen LogP contribution in [0.1, 0.15) is 16.7 Å². The number of hydrogen-bond acceptors (Lipinski definition) is 4. The molecule has 0 saturated heterocycles. The monoisotopic (exact) mass is 623 g/mol. The predicted octanol–water partition coefficient (Wildman–Crippen LogP) is 5.88. The second kappa shape index (κ2) is 13.9.